The second-order valence-electron chi connectivity index (χ2n) is 12.9. The summed E-state index contributed by atoms with van der Waals surface area (Å²) < 4.78 is 0. The average molecular weight is 617 g/mol. The van der Waals surface area contributed by atoms with Gasteiger partial charge in [0.1, 0.15) is 0 Å². The van der Waals surface area contributed by atoms with Crippen LogP contribution in [-0.4, -0.2) is 16.7 Å². The van der Waals surface area contributed by atoms with E-state index in [4.69, 9.17) is 4.98 Å². The van der Waals surface area contributed by atoms with Crippen molar-refractivity contribution in [2.24, 2.45) is 0 Å². The summed E-state index contributed by atoms with van der Waals surface area (Å²) in [5.41, 5.74) is 19.2. The highest BCUT2D eigenvalue weighted by Crippen LogP contribution is 2.54. The average Bonchev–Trinajstić information content (AvgIpc) is 3.12. The fraction of sp³-hybridized carbons (Fsp3) is 0.0698. The molecule has 2 aliphatic rings. The van der Waals surface area contributed by atoms with Crippen molar-refractivity contribution in [3.05, 3.63) is 163 Å². The molecule has 0 atom stereocenters. The Morgan fingerprint density at radius 2 is 1.27 bits per heavy atom. The lowest BCUT2D eigenvalue weighted by Gasteiger charge is -2.46. The fourth-order valence-electron chi connectivity index (χ4n) is 7.98. The third kappa shape index (κ3) is 4.39. The van der Waals surface area contributed by atoms with Crippen LogP contribution < -0.4 is 26.2 Å². The number of fused-ring (bicyclic) bond motifs is 4. The Kier molecular flexibility index (Phi) is 6.54. The lowest BCUT2D eigenvalue weighted by Crippen LogP contribution is -2.59. The first-order valence-electron chi connectivity index (χ1n) is 16.5. The maximum atomic E-state index is 4.74. The Hall–Kier alpha value is -5.94. The van der Waals surface area contributed by atoms with Gasteiger partial charge in [-0.15, -0.1) is 0 Å². The number of aryl methyl sites for hydroxylation is 3. The van der Waals surface area contributed by atoms with Gasteiger partial charge in [-0.25, -0.2) is 0 Å². The molecule has 0 spiro atoms. The maximum Gasteiger partial charge on any atom is 0.247 e. The molecule has 2 aliphatic heterocycles. The number of pyridine rings is 2. The predicted octanol–water partition coefficient (Wildman–Crippen LogP) is 8.82. The Morgan fingerprint density at radius 1 is 0.521 bits per heavy atom. The Bertz CT molecular complexity index is 2330. The second kappa shape index (κ2) is 11.1. The van der Waals surface area contributed by atoms with Crippen molar-refractivity contribution in [2.45, 2.75) is 20.8 Å². The van der Waals surface area contributed by atoms with Gasteiger partial charge in [0.2, 0.25) is 6.71 Å². The minimum atomic E-state index is 0.0680. The number of nitrogens with zero attached hydrogens (tertiary/aromatic N) is 4. The Morgan fingerprint density at radius 3 is 2.04 bits per heavy atom. The largest absolute Gasteiger partial charge is 0.307 e. The summed E-state index contributed by atoms with van der Waals surface area (Å²) in [7, 11) is 0. The molecule has 9 rings (SSSR count). The van der Waals surface area contributed by atoms with Gasteiger partial charge in [0.15, 0.2) is 0 Å². The van der Waals surface area contributed by atoms with Gasteiger partial charge in [-0.2, -0.15) is 0 Å². The number of benzene rings is 5. The molecule has 0 radical (unpaired) electrons. The van der Waals surface area contributed by atoms with E-state index in [1.54, 1.807) is 0 Å². The SMILES string of the molecule is Cc1cc(C)c(B2c3ccc(-c4ccccn4)cc3N3c4ccccc4N(c4cccc(-c5cccnc5)c4)c4cccc2c43)c(C)c1. The van der Waals surface area contributed by atoms with Crippen LogP contribution in [0.2, 0.25) is 0 Å². The van der Waals surface area contributed by atoms with Gasteiger partial charge >= 0.3 is 0 Å². The minimum Gasteiger partial charge on any atom is -0.307 e. The highest BCUT2D eigenvalue weighted by Gasteiger charge is 2.42. The van der Waals surface area contributed by atoms with E-state index < -0.39 is 0 Å². The van der Waals surface area contributed by atoms with Crippen molar-refractivity contribution in [3.63, 3.8) is 0 Å². The molecule has 228 valence electrons. The Labute approximate surface area is 282 Å². The highest BCUT2D eigenvalue weighted by atomic mass is 15.3. The van der Waals surface area contributed by atoms with E-state index in [1.807, 2.05) is 30.7 Å². The van der Waals surface area contributed by atoms with Crippen LogP contribution >= 0.6 is 0 Å². The molecule has 0 fully saturated rings. The Balaban J connectivity index is 1.34. The van der Waals surface area contributed by atoms with E-state index >= 15 is 0 Å². The number of anilines is 6. The summed E-state index contributed by atoms with van der Waals surface area (Å²) in [6.45, 7) is 6.80. The molecule has 7 aromatic rings. The topological polar surface area (TPSA) is 32.3 Å². The smallest absolute Gasteiger partial charge is 0.247 e. The molecule has 0 aliphatic carbocycles. The fourth-order valence-corrected chi connectivity index (χ4v) is 7.98. The van der Waals surface area contributed by atoms with Crippen molar-refractivity contribution >= 4 is 57.2 Å². The van der Waals surface area contributed by atoms with Crippen molar-refractivity contribution < 1.29 is 0 Å². The predicted molar refractivity (Wildman–Crippen MR) is 201 cm³/mol. The van der Waals surface area contributed by atoms with Crippen LogP contribution in [0.4, 0.5) is 34.1 Å². The molecule has 0 amide bonds. The van der Waals surface area contributed by atoms with E-state index in [1.165, 1.54) is 44.5 Å². The second-order valence-corrected chi connectivity index (χ2v) is 12.9. The molecular formula is C43H33BN4. The van der Waals surface area contributed by atoms with Gasteiger partial charge in [0.05, 0.1) is 28.4 Å². The number of aromatic nitrogens is 2. The summed E-state index contributed by atoms with van der Waals surface area (Å²) in [5, 5.41) is 0. The van der Waals surface area contributed by atoms with Gasteiger partial charge in [-0.05, 0) is 91.9 Å². The molecule has 0 saturated heterocycles. The number of hydrogen-bond acceptors (Lipinski definition) is 4. The van der Waals surface area contributed by atoms with Gasteiger partial charge in [0, 0.05) is 41.1 Å². The van der Waals surface area contributed by atoms with Gasteiger partial charge in [0.25, 0.3) is 0 Å². The zero-order chi connectivity index (χ0) is 32.4. The monoisotopic (exact) mass is 616 g/mol. The van der Waals surface area contributed by atoms with Gasteiger partial charge in [-0.1, -0.05) is 94.9 Å². The van der Waals surface area contributed by atoms with E-state index in [0.717, 1.165) is 45.1 Å². The van der Waals surface area contributed by atoms with Crippen LogP contribution in [-0.2, 0) is 0 Å². The van der Waals surface area contributed by atoms with Crippen LogP contribution in [0.3, 0.4) is 0 Å². The summed E-state index contributed by atoms with van der Waals surface area (Å²) in [4.78, 5) is 14.1. The molecular weight excluding hydrogens is 583 g/mol. The number of rotatable bonds is 4. The number of hydrogen-bond donors (Lipinski definition) is 0. The normalized spacial score (nSPS) is 12.8. The molecule has 0 unspecified atom stereocenters. The highest BCUT2D eigenvalue weighted by molar-refractivity contribution is 6.98. The van der Waals surface area contributed by atoms with Crippen LogP contribution in [0, 0.1) is 20.8 Å². The van der Waals surface area contributed by atoms with Crippen molar-refractivity contribution in [3.8, 4) is 22.4 Å². The molecule has 2 aromatic heterocycles. The van der Waals surface area contributed by atoms with Gasteiger partial charge < -0.3 is 9.80 Å². The molecule has 0 N–H and O–H groups in total. The molecule has 5 aromatic carbocycles. The lowest BCUT2D eigenvalue weighted by molar-refractivity contribution is 1.17. The van der Waals surface area contributed by atoms with Crippen LogP contribution in [0.15, 0.2) is 146 Å². The standard InChI is InChI=1S/C43H33BN4/c1-28-23-29(2)42(30(3)24-28)44-35-20-19-32(37-15-6-7-22-46-37)26-41(35)48-39-17-5-4-16-38(39)47(40-18-9-14-36(44)43(40)48)34-13-8-11-31(25-34)33-12-10-21-45-27-33/h4-27H,1-3H3. The molecule has 48 heavy (non-hydrogen) atoms. The summed E-state index contributed by atoms with van der Waals surface area (Å²) in [6.07, 6.45) is 5.63. The third-order valence-electron chi connectivity index (χ3n) is 9.85. The van der Waals surface area contributed by atoms with E-state index in [-0.39, 0.29) is 6.71 Å². The quantitative estimate of drug-likeness (QED) is 0.185. The lowest BCUT2D eigenvalue weighted by atomic mass is 9.33. The zero-order valence-electron chi connectivity index (χ0n) is 27.2. The van der Waals surface area contributed by atoms with E-state index in [9.17, 15) is 0 Å². The molecule has 4 nitrogen and oxygen atoms in total. The third-order valence-corrected chi connectivity index (χ3v) is 9.85. The number of para-hydroxylation sites is 3. The first kappa shape index (κ1) is 28.3. The first-order chi connectivity index (χ1) is 23.6. The van der Waals surface area contributed by atoms with Crippen molar-refractivity contribution in [2.75, 3.05) is 9.80 Å². The molecule has 4 heterocycles. The maximum absolute atomic E-state index is 4.74. The summed E-state index contributed by atoms with van der Waals surface area (Å²) >= 11 is 0. The minimum absolute atomic E-state index is 0.0680. The van der Waals surface area contributed by atoms with Crippen LogP contribution in [0.5, 0.6) is 0 Å². The van der Waals surface area contributed by atoms with E-state index in [0.29, 0.717) is 0 Å². The molecule has 0 bridgehead atoms. The van der Waals surface area contributed by atoms with Crippen LogP contribution in [0.25, 0.3) is 22.4 Å². The summed E-state index contributed by atoms with van der Waals surface area (Å²) in [6, 6.07) is 46.3. The zero-order valence-corrected chi connectivity index (χ0v) is 27.2. The van der Waals surface area contributed by atoms with Crippen LogP contribution in [0.1, 0.15) is 16.7 Å². The first-order valence-corrected chi connectivity index (χ1v) is 16.5. The molecule has 0 saturated carbocycles. The summed E-state index contributed by atoms with van der Waals surface area (Å²) in [5.74, 6) is 0. The molecule has 5 heteroatoms. The van der Waals surface area contributed by atoms with Gasteiger partial charge in [-0.3, -0.25) is 9.97 Å². The van der Waals surface area contributed by atoms with E-state index in [2.05, 4.69) is 151 Å². The van der Waals surface area contributed by atoms with Crippen molar-refractivity contribution in [1.82, 2.24) is 9.97 Å². The van der Waals surface area contributed by atoms with Crippen molar-refractivity contribution in [1.29, 1.82) is 0 Å².